The summed E-state index contributed by atoms with van der Waals surface area (Å²) in [4.78, 5) is 31.9. The van der Waals surface area contributed by atoms with Crippen LogP contribution in [-0.4, -0.2) is 47.1 Å². The van der Waals surface area contributed by atoms with Gasteiger partial charge in [-0.15, -0.1) is 24.8 Å². The molecule has 1 aromatic heterocycles. The zero-order valence-corrected chi connectivity index (χ0v) is 20.4. The fraction of sp³-hybridized carbons (Fsp3) is 0.409. The largest absolute Gasteiger partial charge is 0.454 e. The Labute approximate surface area is 210 Å². The molecule has 34 heavy (non-hydrogen) atoms. The van der Waals surface area contributed by atoms with Crippen molar-refractivity contribution >= 4 is 42.4 Å². The molecule has 1 saturated heterocycles. The lowest BCUT2D eigenvalue weighted by atomic mass is 10.0. The van der Waals surface area contributed by atoms with Crippen molar-refractivity contribution in [1.82, 2.24) is 20.6 Å². The van der Waals surface area contributed by atoms with E-state index < -0.39 is 12.1 Å². The highest BCUT2D eigenvalue weighted by Crippen LogP contribution is 2.33. The third kappa shape index (κ3) is 6.01. The van der Waals surface area contributed by atoms with E-state index in [1.807, 2.05) is 31.2 Å². The van der Waals surface area contributed by atoms with Crippen LogP contribution in [0.5, 0.6) is 11.5 Å². The lowest BCUT2D eigenvalue weighted by molar-refractivity contribution is -0.140. The predicted molar refractivity (Wildman–Crippen MR) is 132 cm³/mol. The van der Waals surface area contributed by atoms with Crippen molar-refractivity contribution in [2.45, 2.75) is 44.8 Å². The number of likely N-dealkylation sites (tertiary alicyclic amines) is 1. The topological polar surface area (TPSA) is 145 Å². The second kappa shape index (κ2) is 12.1. The van der Waals surface area contributed by atoms with Crippen LogP contribution in [0.1, 0.15) is 29.7 Å². The van der Waals surface area contributed by atoms with E-state index in [-0.39, 0.29) is 43.4 Å². The first-order valence-electron chi connectivity index (χ1n) is 10.6. The number of nitrogens with zero attached hydrogens (tertiary/aromatic N) is 2. The number of nitrogens with two attached hydrogens (primary N) is 2. The molecule has 2 aromatic rings. The molecule has 0 aliphatic carbocycles. The number of amides is 2. The minimum Gasteiger partial charge on any atom is -0.454 e. The van der Waals surface area contributed by atoms with Gasteiger partial charge in [0, 0.05) is 18.8 Å². The van der Waals surface area contributed by atoms with E-state index in [2.05, 4.69) is 15.7 Å². The first-order valence-corrected chi connectivity index (χ1v) is 10.6. The van der Waals surface area contributed by atoms with Crippen molar-refractivity contribution in [2.75, 3.05) is 19.1 Å². The Bertz CT molecular complexity index is 1020. The maximum Gasteiger partial charge on any atom is 0.243 e. The molecule has 4 rings (SSSR count). The molecule has 10 nitrogen and oxygen atoms in total. The van der Waals surface area contributed by atoms with E-state index in [9.17, 15) is 9.59 Å². The SMILES string of the molecule is Cc1nc(N)ccc1CNC(=O)[C@@H]1CCCN1C(=O)[C@@H](Cc1ccc2c(c1)OCO2)NN.Cl.Cl. The lowest BCUT2D eigenvalue weighted by Crippen LogP contribution is -2.54. The van der Waals surface area contributed by atoms with Gasteiger partial charge in [-0.25, -0.2) is 10.4 Å². The number of nitrogen functional groups attached to an aromatic ring is 1. The van der Waals surface area contributed by atoms with Crippen LogP contribution >= 0.6 is 24.8 Å². The van der Waals surface area contributed by atoms with E-state index >= 15 is 0 Å². The lowest BCUT2D eigenvalue weighted by Gasteiger charge is -2.28. The summed E-state index contributed by atoms with van der Waals surface area (Å²) < 4.78 is 10.7. The Hall–Kier alpha value is -2.79. The van der Waals surface area contributed by atoms with E-state index in [0.29, 0.717) is 43.2 Å². The van der Waals surface area contributed by atoms with Gasteiger partial charge in [0.1, 0.15) is 17.9 Å². The van der Waals surface area contributed by atoms with Crippen LogP contribution in [0.15, 0.2) is 30.3 Å². The number of pyridine rings is 1. The number of rotatable bonds is 7. The first-order chi connectivity index (χ1) is 15.5. The van der Waals surface area contributed by atoms with Crippen molar-refractivity contribution in [3.05, 3.63) is 47.2 Å². The summed E-state index contributed by atoms with van der Waals surface area (Å²) in [5.41, 5.74) is 10.8. The summed E-state index contributed by atoms with van der Waals surface area (Å²) in [6.07, 6.45) is 1.73. The molecule has 12 heteroatoms. The molecule has 0 radical (unpaired) electrons. The number of hydrogen-bond acceptors (Lipinski definition) is 8. The number of benzene rings is 1. The third-order valence-corrected chi connectivity index (χ3v) is 5.88. The van der Waals surface area contributed by atoms with Crippen LogP contribution in [0, 0.1) is 6.92 Å². The molecule has 2 aliphatic heterocycles. The number of halogens is 2. The molecular formula is C22H30Cl2N6O4. The Kier molecular flexibility index (Phi) is 9.75. The van der Waals surface area contributed by atoms with E-state index in [4.69, 9.17) is 21.1 Å². The van der Waals surface area contributed by atoms with Crippen LogP contribution in [0.3, 0.4) is 0 Å². The predicted octanol–water partition coefficient (Wildman–Crippen LogP) is 1.23. The van der Waals surface area contributed by atoms with Gasteiger partial charge in [-0.1, -0.05) is 12.1 Å². The minimum absolute atomic E-state index is 0. The zero-order valence-electron chi connectivity index (χ0n) is 18.8. The van der Waals surface area contributed by atoms with Crippen LogP contribution in [-0.2, 0) is 22.6 Å². The number of aryl methyl sites for hydroxylation is 1. The Balaban J connectivity index is 0.00000204. The molecule has 3 heterocycles. The first kappa shape index (κ1) is 27.5. The van der Waals surface area contributed by atoms with Crippen LogP contribution in [0.2, 0.25) is 0 Å². The second-order valence-corrected chi connectivity index (χ2v) is 8.00. The van der Waals surface area contributed by atoms with Crippen molar-refractivity contribution in [1.29, 1.82) is 0 Å². The van der Waals surface area contributed by atoms with Crippen molar-refractivity contribution in [3.63, 3.8) is 0 Å². The molecule has 6 N–H and O–H groups in total. The molecule has 1 aromatic carbocycles. The van der Waals surface area contributed by atoms with E-state index in [1.54, 1.807) is 11.0 Å². The maximum absolute atomic E-state index is 13.2. The number of ether oxygens (including phenoxy) is 2. The van der Waals surface area contributed by atoms with Gasteiger partial charge in [0.05, 0.1) is 0 Å². The summed E-state index contributed by atoms with van der Waals surface area (Å²) in [5, 5.41) is 2.93. The number of aromatic nitrogens is 1. The van der Waals surface area contributed by atoms with Crippen LogP contribution in [0.4, 0.5) is 5.82 Å². The van der Waals surface area contributed by atoms with Crippen molar-refractivity contribution in [2.24, 2.45) is 5.84 Å². The normalized spacial score (nSPS) is 16.9. The van der Waals surface area contributed by atoms with E-state index in [1.165, 1.54) is 0 Å². The standard InChI is InChI=1S/C22H28N6O4.2ClH/c1-13-15(5-7-20(23)26-13)11-25-21(29)17-3-2-8-28(17)22(30)16(27-24)9-14-4-6-18-19(10-14)32-12-31-18;;/h4-7,10,16-17,27H,2-3,8-9,11-12,24H2,1H3,(H2,23,26)(H,25,29);2*1H/t16-,17+;;/m1../s1. The number of fused-ring (bicyclic) bond motifs is 1. The minimum atomic E-state index is -0.660. The molecule has 0 saturated carbocycles. The van der Waals surface area contributed by atoms with Crippen molar-refractivity contribution < 1.29 is 19.1 Å². The van der Waals surface area contributed by atoms with Gasteiger partial charge in [0.2, 0.25) is 18.6 Å². The average Bonchev–Trinajstić information content (AvgIpc) is 3.45. The van der Waals surface area contributed by atoms with Gasteiger partial charge < -0.3 is 25.4 Å². The molecule has 2 amide bonds. The van der Waals surface area contributed by atoms with Gasteiger partial charge in [0.25, 0.3) is 0 Å². The highest BCUT2D eigenvalue weighted by atomic mass is 35.5. The highest BCUT2D eigenvalue weighted by Gasteiger charge is 2.37. The number of hydrogen-bond donors (Lipinski definition) is 4. The van der Waals surface area contributed by atoms with Gasteiger partial charge in [-0.2, -0.15) is 0 Å². The van der Waals surface area contributed by atoms with Crippen LogP contribution in [0.25, 0.3) is 0 Å². The zero-order chi connectivity index (χ0) is 22.7. The Morgan fingerprint density at radius 2 is 1.97 bits per heavy atom. The maximum atomic E-state index is 13.2. The number of carbonyl (C=O) groups excluding carboxylic acids is 2. The number of carbonyl (C=O) groups is 2. The summed E-state index contributed by atoms with van der Waals surface area (Å²) in [6.45, 7) is 2.87. The molecule has 0 spiro atoms. The summed E-state index contributed by atoms with van der Waals surface area (Å²) in [6, 6.07) is 7.89. The number of nitrogens with one attached hydrogen (secondary N) is 2. The van der Waals surface area contributed by atoms with Gasteiger partial charge in [0.15, 0.2) is 11.5 Å². The molecule has 2 atom stereocenters. The van der Waals surface area contributed by atoms with Gasteiger partial charge >= 0.3 is 0 Å². The monoisotopic (exact) mass is 512 g/mol. The Morgan fingerprint density at radius 3 is 2.71 bits per heavy atom. The quantitative estimate of drug-likeness (QED) is 0.320. The summed E-state index contributed by atoms with van der Waals surface area (Å²) >= 11 is 0. The molecule has 186 valence electrons. The van der Waals surface area contributed by atoms with E-state index in [0.717, 1.165) is 23.2 Å². The average molecular weight is 513 g/mol. The fourth-order valence-electron chi connectivity index (χ4n) is 4.12. The molecule has 2 aliphatic rings. The third-order valence-electron chi connectivity index (χ3n) is 5.88. The van der Waals surface area contributed by atoms with Gasteiger partial charge in [-0.05, 0) is 55.5 Å². The second-order valence-electron chi connectivity index (χ2n) is 8.00. The fourth-order valence-corrected chi connectivity index (χ4v) is 4.12. The summed E-state index contributed by atoms with van der Waals surface area (Å²) in [7, 11) is 0. The molecular weight excluding hydrogens is 483 g/mol. The van der Waals surface area contributed by atoms with Gasteiger partial charge in [-0.3, -0.25) is 15.4 Å². The summed E-state index contributed by atoms with van der Waals surface area (Å²) in [5.74, 6) is 7.09. The van der Waals surface area contributed by atoms with Crippen LogP contribution < -0.4 is 31.8 Å². The highest BCUT2D eigenvalue weighted by molar-refractivity contribution is 5.90. The molecule has 1 fully saturated rings. The number of hydrazine groups is 1. The number of anilines is 1. The molecule has 0 bridgehead atoms. The Morgan fingerprint density at radius 1 is 1.21 bits per heavy atom. The van der Waals surface area contributed by atoms with Crippen molar-refractivity contribution in [3.8, 4) is 11.5 Å². The smallest absolute Gasteiger partial charge is 0.243 e. The molecule has 0 unspecified atom stereocenters.